The van der Waals surface area contributed by atoms with Gasteiger partial charge in [0.1, 0.15) is 5.82 Å². The van der Waals surface area contributed by atoms with Gasteiger partial charge in [0.2, 0.25) is 0 Å². The Morgan fingerprint density at radius 2 is 2.05 bits per heavy atom. The van der Waals surface area contributed by atoms with E-state index in [1.807, 2.05) is 34.9 Å². The lowest BCUT2D eigenvalue weighted by atomic mass is 10.1. The van der Waals surface area contributed by atoms with Gasteiger partial charge < -0.3 is 4.40 Å². The van der Waals surface area contributed by atoms with E-state index in [1.165, 1.54) is 5.56 Å². The minimum atomic E-state index is 0.661. The number of aldehydes is 1. The fourth-order valence-corrected chi connectivity index (χ4v) is 2.56. The molecule has 4 heteroatoms. The van der Waals surface area contributed by atoms with Crippen molar-refractivity contribution in [2.24, 2.45) is 0 Å². The van der Waals surface area contributed by atoms with Gasteiger partial charge in [-0.3, -0.25) is 4.79 Å². The standard InChI is InChI=1S/C15H11BrN2O/c16-13-6-2-1-4-11(13)8-15-17-9-14-12(10-19)5-3-7-18(14)15/h1-7,9-10H,8H2. The molecule has 1 aromatic carbocycles. The third-order valence-electron chi connectivity index (χ3n) is 3.11. The minimum absolute atomic E-state index is 0.661. The molecule has 0 saturated carbocycles. The van der Waals surface area contributed by atoms with E-state index in [4.69, 9.17) is 0 Å². The molecule has 0 aliphatic carbocycles. The summed E-state index contributed by atoms with van der Waals surface area (Å²) < 4.78 is 3.03. The zero-order valence-corrected chi connectivity index (χ0v) is 11.7. The van der Waals surface area contributed by atoms with Crippen LogP contribution >= 0.6 is 15.9 Å². The molecule has 0 aliphatic rings. The average Bonchev–Trinajstić information content (AvgIpc) is 2.84. The van der Waals surface area contributed by atoms with Crippen molar-refractivity contribution < 1.29 is 4.79 Å². The lowest BCUT2D eigenvalue weighted by Gasteiger charge is -2.04. The predicted octanol–water partition coefficient (Wildman–Crippen LogP) is 3.50. The molecule has 2 heterocycles. The molecule has 3 nitrogen and oxygen atoms in total. The second-order valence-corrected chi connectivity index (χ2v) is 5.13. The van der Waals surface area contributed by atoms with Crippen molar-refractivity contribution >= 4 is 27.7 Å². The van der Waals surface area contributed by atoms with Crippen LogP contribution in [0.3, 0.4) is 0 Å². The fourth-order valence-electron chi connectivity index (χ4n) is 2.14. The summed E-state index contributed by atoms with van der Waals surface area (Å²) in [5.74, 6) is 0.922. The normalized spacial score (nSPS) is 10.8. The van der Waals surface area contributed by atoms with Crippen molar-refractivity contribution in [1.82, 2.24) is 9.38 Å². The molecule has 0 saturated heterocycles. The van der Waals surface area contributed by atoms with E-state index in [0.717, 1.165) is 28.5 Å². The number of hydrogen-bond donors (Lipinski definition) is 0. The highest BCUT2D eigenvalue weighted by atomic mass is 79.9. The Balaban J connectivity index is 2.07. The van der Waals surface area contributed by atoms with Crippen molar-refractivity contribution in [1.29, 1.82) is 0 Å². The lowest BCUT2D eigenvalue weighted by molar-refractivity contribution is 0.112. The molecule has 0 radical (unpaired) electrons. The Morgan fingerprint density at radius 3 is 2.84 bits per heavy atom. The summed E-state index contributed by atoms with van der Waals surface area (Å²) >= 11 is 3.54. The van der Waals surface area contributed by atoms with Gasteiger partial charge in [0.05, 0.1) is 11.7 Å². The molecule has 94 valence electrons. The second kappa shape index (κ2) is 4.97. The van der Waals surface area contributed by atoms with Crippen LogP contribution in [0.1, 0.15) is 21.7 Å². The number of carbonyl (C=O) groups excluding carboxylic acids is 1. The van der Waals surface area contributed by atoms with E-state index in [1.54, 1.807) is 12.3 Å². The Hall–Kier alpha value is -1.94. The van der Waals surface area contributed by atoms with Crippen molar-refractivity contribution in [3.8, 4) is 0 Å². The van der Waals surface area contributed by atoms with Crippen LogP contribution in [-0.4, -0.2) is 15.7 Å². The number of imidazole rings is 1. The maximum absolute atomic E-state index is 11.0. The quantitative estimate of drug-likeness (QED) is 0.693. The highest BCUT2D eigenvalue weighted by Gasteiger charge is 2.08. The largest absolute Gasteiger partial charge is 0.303 e. The van der Waals surface area contributed by atoms with E-state index in [9.17, 15) is 4.79 Å². The van der Waals surface area contributed by atoms with Gasteiger partial charge in [0.15, 0.2) is 6.29 Å². The zero-order chi connectivity index (χ0) is 13.2. The molecular weight excluding hydrogens is 304 g/mol. The summed E-state index contributed by atoms with van der Waals surface area (Å²) in [6.45, 7) is 0. The number of rotatable bonds is 3. The second-order valence-electron chi connectivity index (χ2n) is 4.28. The molecule has 3 rings (SSSR count). The smallest absolute Gasteiger partial charge is 0.152 e. The molecule has 0 bridgehead atoms. The maximum Gasteiger partial charge on any atom is 0.152 e. The summed E-state index contributed by atoms with van der Waals surface area (Å²) in [6.07, 6.45) is 5.26. The number of carbonyl (C=O) groups is 1. The Morgan fingerprint density at radius 1 is 1.21 bits per heavy atom. The molecule has 0 aliphatic heterocycles. The number of pyridine rings is 1. The van der Waals surface area contributed by atoms with Gasteiger partial charge in [-0.25, -0.2) is 4.98 Å². The highest BCUT2D eigenvalue weighted by molar-refractivity contribution is 9.10. The Bertz CT molecular complexity index is 749. The number of nitrogens with zero attached hydrogens (tertiary/aromatic N) is 2. The van der Waals surface area contributed by atoms with E-state index in [0.29, 0.717) is 5.56 Å². The van der Waals surface area contributed by atoms with Crippen LogP contribution in [-0.2, 0) is 6.42 Å². The summed E-state index contributed by atoms with van der Waals surface area (Å²) in [5, 5.41) is 0. The molecule has 0 fully saturated rings. The van der Waals surface area contributed by atoms with Crippen molar-refractivity contribution in [3.05, 3.63) is 70.2 Å². The molecule has 2 aromatic heterocycles. The highest BCUT2D eigenvalue weighted by Crippen LogP contribution is 2.20. The van der Waals surface area contributed by atoms with Crippen LogP contribution in [0.15, 0.2) is 53.3 Å². The zero-order valence-electron chi connectivity index (χ0n) is 10.1. The Labute approximate surface area is 119 Å². The summed E-state index contributed by atoms with van der Waals surface area (Å²) in [7, 11) is 0. The maximum atomic E-state index is 11.0. The minimum Gasteiger partial charge on any atom is -0.303 e. The van der Waals surface area contributed by atoms with Crippen LogP contribution in [0.5, 0.6) is 0 Å². The third-order valence-corrected chi connectivity index (χ3v) is 3.89. The predicted molar refractivity (Wildman–Crippen MR) is 77.5 cm³/mol. The van der Waals surface area contributed by atoms with Gasteiger partial charge >= 0.3 is 0 Å². The molecule has 0 N–H and O–H groups in total. The first-order chi connectivity index (χ1) is 9.29. The topological polar surface area (TPSA) is 34.4 Å². The van der Waals surface area contributed by atoms with Gasteiger partial charge in [-0.2, -0.15) is 0 Å². The van der Waals surface area contributed by atoms with Crippen molar-refractivity contribution in [2.75, 3.05) is 0 Å². The van der Waals surface area contributed by atoms with Crippen LogP contribution in [0.2, 0.25) is 0 Å². The average molecular weight is 315 g/mol. The summed E-state index contributed by atoms with van der Waals surface area (Å²) in [5.41, 5.74) is 2.68. The molecule has 0 amide bonds. The molecule has 0 unspecified atom stereocenters. The molecule has 0 spiro atoms. The van der Waals surface area contributed by atoms with Gasteiger partial charge in [-0.1, -0.05) is 34.1 Å². The van der Waals surface area contributed by atoms with Crippen molar-refractivity contribution in [2.45, 2.75) is 6.42 Å². The van der Waals surface area contributed by atoms with Crippen LogP contribution in [0, 0.1) is 0 Å². The van der Waals surface area contributed by atoms with Gasteiger partial charge in [-0.05, 0) is 23.8 Å². The first-order valence-electron chi connectivity index (χ1n) is 5.93. The number of fused-ring (bicyclic) bond motifs is 1. The molecule has 19 heavy (non-hydrogen) atoms. The van der Waals surface area contributed by atoms with Crippen LogP contribution < -0.4 is 0 Å². The van der Waals surface area contributed by atoms with E-state index in [2.05, 4.69) is 27.0 Å². The first kappa shape index (κ1) is 12.1. The Kier molecular flexibility index (Phi) is 3.17. The number of halogens is 1. The van der Waals surface area contributed by atoms with Crippen LogP contribution in [0.4, 0.5) is 0 Å². The van der Waals surface area contributed by atoms with Crippen LogP contribution in [0.25, 0.3) is 5.52 Å². The molecule has 0 atom stereocenters. The van der Waals surface area contributed by atoms with Gasteiger partial charge in [-0.15, -0.1) is 0 Å². The van der Waals surface area contributed by atoms with Gasteiger partial charge in [0.25, 0.3) is 0 Å². The van der Waals surface area contributed by atoms with Crippen molar-refractivity contribution in [3.63, 3.8) is 0 Å². The lowest BCUT2D eigenvalue weighted by Crippen LogP contribution is -1.98. The van der Waals surface area contributed by atoms with Gasteiger partial charge in [0, 0.05) is 22.7 Å². The van der Waals surface area contributed by atoms with E-state index in [-0.39, 0.29) is 0 Å². The van der Waals surface area contributed by atoms with E-state index < -0.39 is 0 Å². The van der Waals surface area contributed by atoms with E-state index >= 15 is 0 Å². The first-order valence-corrected chi connectivity index (χ1v) is 6.72. The molecular formula is C15H11BrN2O. The third kappa shape index (κ3) is 2.19. The monoisotopic (exact) mass is 314 g/mol. The fraction of sp³-hybridized carbons (Fsp3) is 0.0667. The number of hydrogen-bond acceptors (Lipinski definition) is 2. The number of aromatic nitrogens is 2. The summed E-state index contributed by atoms with van der Waals surface area (Å²) in [6, 6.07) is 11.7. The molecule has 3 aromatic rings. The number of benzene rings is 1. The SMILES string of the molecule is O=Cc1cccn2c(Cc3ccccc3Br)ncc12. The summed E-state index contributed by atoms with van der Waals surface area (Å²) in [4.78, 5) is 15.4.